The fraction of sp³-hybridized carbons (Fsp3) is 0.111. The lowest BCUT2D eigenvalue weighted by atomic mass is 10.1. The van der Waals surface area contributed by atoms with E-state index < -0.39 is 0 Å². The molecular weight excluding hydrogens is 324 g/mol. The molecule has 0 aliphatic rings. The fourth-order valence-corrected chi connectivity index (χ4v) is 2.25. The first-order valence-corrected chi connectivity index (χ1v) is 6.86. The van der Waals surface area contributed by atoms with Gasteiger partial charge in [-0.25, -0.2) is 9.13 Å². The van der Waals surface area contributed by atoms with E-state index >= 15 is 0 Å². The van der Waals surface area contributed by atoms with E-state index in [1.807, 2.05) is 12.1 Å². The molecule has 1 aromatic carbocycles. The maximum Gasteiger partial charge on any atom is 0.173 e. The molecule has 3 aromatic rings. The minimum absolute atomic E-state index is 0. The van der Waals surface area contributed by atoms with Crippen molar-refractivity contribution in [3.63, 3.8) is 0 Å². The van der Waals surface area contributed by atoms with Gasteiger partial charge in [0.25, 0.3) is 0 Å². The Labute approximate surface area is 136 Å². The minimum atomic E-state index is 0. The van der Waals surface area contributed by atoms with E-state index in [1.165, 1.54) is 11.1 Å². The highest BCUT2D eigenvalue weighted by Gasteiger charge is 2.04. The van der Waals surface area contributed by atoms with Gasteiger partial charge in [0.15, 0.2) is 37.9 Å². The molecular formula is C18H18BrN2+. The molecule has 0 N–H and O–H groups in total. The molecule has 0 saturated heterocycles. The first-order chi connectivity index (χ1) is 9.90. The van der Waals surface area contributed by atoms with Crippen LogP contribution < -0.4 is 26.1 Å². The van der Waals surface area contributed by atoms with Gasteiger partial charge in [0.05, 0.1) is 0 Å². The predicted octanol–water partition coefficient (Wildman–Crippen LogP) is -0.638. The Morgan fingerprint density at radius 3 is 1.19 bits per heavy atom. The molecule has 106 valence electrons. The molecule has 0 amide bonds. The Bertz CT molecular complexity index is 591. The van der Waals surface area contributed by atoms with Crippen molar-refractivity contribution >= 4 is 0 Å². The zero-order chi connectivity index (χ0) is 13.6. The third kappa shape index (κ3) is 4.50. The van der Waals surface area contributed by atoms with Crippen LogP contribution in [0, 0.1) is 0 Å². The molecule has 0 saturated carbocycles. The SMILES string of the molecule is [Br-].c1cc[n+](Cc2ccc(C[n+]3ccccc3)cc2)cc1. The number of rotatable bonds is 4. The van der Waals surface area contributed by atoms with Gasteiger partial charge in [0, 0.05) is 35.4 Å². The molecule has 21 heavy (non-hydrogen) atoms. The monoisotopic (exact) mass is 341 g/mol. The molecule has 0 bridgehead atoms. The van der Waals surface area contributed by atoms with Gasteiger partial charge < -0.3 is 17.0 Å². The lowest BCUT2D eigenvalue weighted by Crippen LogP contribution is -3.00. The molecule has 2 nitrogen and oxygen atoms in total. The number of nitrogens with zero attached hydrogens (tertiary/aromatic N) is 2. The Hall–Kier alpha value is -2.00. The first kappa shape index (κ1) is 15.4. The van der Waals surface area contributed by atoms with E-state index in [4.69, 9.17) is 0 Å². The highest BCUT2D eigenvalue weighted by Crippen LogP contribution is 2.04. The fourth-order valence-electron chi connectivity index (χ4n) is 2.25. The van der Waals surface area contributed by atoms with Crippen LogP contribution in [0.15, 0.2) is 85.5 Å². The Balaban J connectivity index is 0.00000161. The summed E-state index contributed by atoms with van der Waals surface area (Å²) < 4.78 is 4.36. The van der Waals surface area contributed by atoms with Gasteiger partial charge >= 0.3 is 0 Å². The summed E-state index contributed by atoms with van der Waals surface area (Å²) >= 11 is 0. The molecule has 0 aliphatic carbocycles. The van der Waals surface area contributed by atoms with Crippen molar-refractivity contribution in [3.8, 4) is 0 Å². The number of aromatic nitrogens is 2. The standard InChI is InChI=1S/C18H18N2.BrH/c1-3-11-19(12-4-1)15-17-7-9-18(10-8-17)16-20-13-5-2-6-14-20;/h1-14H,15-16H2;1H/q+2;/p-1. The summed E-state index contributed by atoms with van der Waals surface area (Å²) in [5.74, 6) is 0. The van der Waals surface area contributed by atoms with E-state index in [-0.39, 0.29) is 17.0 Å². The van der Waals surface area contributed by atoms with Crippen LogP contribution in [-0.4, -0.2) is 0 Å². The Kier molecular flexibility index (Phi) is 5.64. The lowest BCUT2D eigenvalue weighted by molar-refractivity contribution is -0.688. The first-order valence-electron chi connectivity index (χ1n) is 6.86. The highest BCUT2D eigenvalue weighted by molar-refractivity contribution is 5.21. The van der Waals surface area contributed by atoms with Gasteiger partial charge in [-0.3, -0.25) is 0 Å². The van der Waals surface area contributed by atoms with Crippen LogP contribution in [0.1, 0.15) is 11.1 Å². The van der Waals surface area contributed by atoms with Crippen LogP contribution in [0.25, 0.3) is 0 Å². The van der Waals surface area contributed by atoms with Gasteiger partial charge in [-0.2, -0.15) is 0 Å². The number of hydrogen-bond donors (Lipinski definition) is 0. The van der Waals surface area contributed by atoms with Crippen molar-refractivity contribution in [1.29, 1.82) is 0 Å². The quantitative estimate of drug-likeness (QED) is 0.558. The summed E-state index contributed by atoms with van der Waals surface area (Å²) in [7, 11) is 0. The number of hydrogen-bond acceptors (Lipinski definition) is 0. The predicted molar refractivity (Wildman–Crippen MR) is 77.9 cm³/mol. The number of benzene rings is 1. The Morgan fingerprint density at radius 2 is 0.857 bits per heavy atom. The second kappa shape index (κ2) is 7.70. The van der Waals surface area contributed by atoms with E-state index in [0.717, 1.165) is 13.1 Å². The van der Waals surface area contributed by atoms with E-state index in [1.54, 1.807) is 0 Å². The van der Waals surface area contributed by atoms with Crippen LogP contribution in [0.2, 0.25) is 0 Å². The summed E-state index contributed by atoms with van der Waals surface area (Å²) in [5, 5.41) is 0. The molecule has 0 aliphatic heterocycles. The molecule has 0 radical (unpaired) electrons. The second-order valence-electron chi connectivity index (χ2n) is 4.91. The third-order valence-electron chi connectivity index (χ3n) is 3.31. The molecule has 3 rings (SSSR count). The normalized spacial score (nSPS) is 9.90. The van der Waals surface area contributed by atoms with Crippen molar-refractivity contribution in [1.82, 2.24) is 0 Å². The van der Waals surface area contributed by atoms with Crippen molar-refractivity contribution in [3.05, 3.63) is 96.6 Å². The van der Waals surface area contributed by atoms with E-state index in [2.05, 4.69) is 82.5 Å². The summed E-state index contributed by atoms with van der Waals surface area (Å²) in [4.78, 5) is 0. The summed E-state index contributed by atoms with van der Waals surface area (Å²) in [5.41, 5.74) is 2.64. The molecule has 3 heteroatoms. The van der Waals surface area contributed by atoms with Gasteiger partial charge in [-0.15, -0.1) is 0 Å². The largest absolute Gasteiger partial charge is 1.00 e. The van der Waals surface area contributed by atoms with Crippen LogP contribution in [0.4, 0.5) is 0 Å². The third-order valence-corrected chi connectivity index (χ3v) is 3.31. The maximum atomic E-state index is 2.21. The van der Waals surface area contributed by atoms with Gasteiger partial charge in [-0.05, 0) is 0 Å². The van der Waals surface area contributed by atoms with Crippen LogP contribution in [-0.2, 0) is 13.1 Å². The molecule has 2 heterocycles. The van der Waals surface area contributed by atoms with Gasteiger partial charge in [0.2, 0.25) is 0 Å². The minimum Gasteiger partial charge on any atom is -1.00 e. The smallest absolute Gasteiger partial charge is 0.173 e. The molecule has 0 atom stereocenters. The topological polar surface area (TPSA) is 7.76 Å². The summed E-state index contributed by atoms with van der Waals surface area (Å²) in [6, 6.07) is 21.1. The average molecular weight is 342 g/mol. The van der Waals surface area contributed by atoms with Crippen LogP contribution in [0.5, 0.6) is 0 Å². The second-order valence-corrected chi connectivity index (χ2v) is 4.91. The van der Waals surface area contributed by atoms with E-state index in [9.17, 15) is 0 Å². The van der Waals surface area contributed by atoms with Crippen molar-refractivity contribution < 1.29 is 26.1 Å². The summed E-state index contributed by atoms with van der Waals surface area (Å²) in [6.07, 6.45) is 8.36. The van der Waals surface area contributed by atoms with Gasteiger partial charge in [0.1, 0.15) is 0 Å². The summed E-state index contributed by atoms with van der Waals surface area (Å²) in [6.45, 7) is 1.83. The number of halogens is 1. The van der Waals surface area contributed by atoms with Crippen LogP contribution in [0.3, 0.4) is 0 Å². The van der Waals surface area contributed by atoms with Crippen molar-refractivity contribution in [2.75, 3.05) is 0 Å². The molecule has 0 spiro atoms. The van der Waals surface area contributed by atoms with E-state index in [0.29, 0.717) is 0 Å². The van der Waals surface area contributed by atoms with Gasteiger partial charge in [-0.1, -0.05) is 36.4 Å². The zero-order valence-electron chi connectivity index (χ0n) is 11.8. The van der Waals surface area contributed by atoms with Crippen molar-refractivity contribution in [2.45, 2.75) is 13.1 Å². The van der Waals surface area contributed by atoms with Crippen LogP contribution >= 0.6 is 0 Å². The Morgan fingerprint density at radius 1 is 0.524 bits per heavy atom. The molecule has 0 unspecified atom stereocenters. The lowest BCUT2D eigenvalue weighted by Gasteiger charge is -2.00. The highest BCUT2D eigenvalue weighted by atomic mass is 79.9. The molecule has 2 aromatic heterocycles. The zero-order valence-corrected chi connectivity index (χ0v) is 13.4. The maximum absolute atomic E-state index is 2.21. The van der Waals surface area contributed by atoms with Crippen molar-refractivity contribution in [2.24, 2.45) is 0 Å². The average Bonchev–Trinajstić information content (AvgIpc) is 2.51. The number of pyridine rings is 2. The molecule has 0 fully saturated rings.